The van der Waals surface area contributed by atoms with Crippen LogP contribution in [-0.4, -0.2) is 28.6 Å². The van der Waals surface area contributed by atoms with E-state index in [1.165, 1.54) is 18.2 Å². The van der Waals surface area contributed by atoms with E-state index in [4.69, 9.17) is 0 Å². The van der Waals surface area contributed by atoms with Gasteiger partial charge in [-0.15, -0.1) is 0 Å². The Bertz CT molecular complexity index is 687. The Morgan fingerprint density at radius 2 is 2.05 bits per heavy atom. The smallest absolute Gasteiger partial charge is 0.270 e. The van der Waals surface area contributed by atoms with Gasteiger partial charge in [-0.1, -0.05) is 12.1 Å². The van der Waals surface area contributed by atoms with E-state index in [-0.39, 0.29) is 23.0 Å². The van der Waals surface area contributed by atoms with E-state index in [1.807, 2.05) is 0 Å². The number of carbonyl (C=O) groups excluding carboxylic acids is 2. The van der Waals surface area contributed by atoms with Crippen molar-refractivity contribution >= 4 is 33.6 Å². The maximum atomic E-state index is 13.5. The summed E-state index contributed by atoms with van der Waals surface area (Å²) in [7, 11) is 0. The molecular formula is C13H12BrFN4O2. The second-order valence-corrected chi connectivity index (χ2v) is 4.85. The summed E-state index contributed by atoms with van der Waals surface area (Å²) in [5.41, 5.74) is 0.0765. The zero-order chi connectivity index (χ0) is 15.4. The second kappa shape index (κ2) is 6.49. The predicted molar refractivity (Wildman–Crippen MR) is 78.6 cm³/mol. The molecule has 0 aliphatic rings. The topological polar surface area (TPSA) is 86.9 Å². The Hall–Kier alpha value is -2.22. The Morgan fingerprint density at radius 1 is 1.33 bits per heavy atom. The normalized spacial score (nSPS) is 10.2. The lowest BCUT2D eigenvalue weighted by Crippen LogP contribution is -2.23. The molecule has 0 spiro atoms. The van der Waals surface area contributed by atoms with Crippen molar-refractivity contribution in [3.8, 4) is 0 Å². The minimum atomic E-state index is -0.650. The lowest BCUT2D eigenvalue weighted by molar-refractivity contribution is 0.0949. The third-order valence-corrected chi connectivity index (χ3v) is 3.39. The molecule has 2 aromatic rings. The highest BCUT2D eigenvalue weighted by Crippen LogP contribution is 2.24. The molecule has 110 valence electrons. The number of amides is 2. The van der Waals surface area contributed by atoms with E-state index in [9.17, 15) is 14.0 Å². The van der Waals surface area contributed by atoms with Crippen molar-refractivity contribution in [3.05, 3.63) is 45.8 Å². The van der Waals surface area contributed by atoms with Gasteiger partial charge < -0.3 is 10.6 Å². The number of H-pyrrole nitrogens is 1. The van der Waals surface area contributed by atoms with Gasteiger partial charge in [0.25, 0.3) is 11.8 Å². The van der Waals surface area contributed by atoms with Crippen LogP contribution in [0.25, 0.3) is 0 Å². The van der Waals surface area contributed by atoms with E-state index in [2.05, 4.69) is 36.8 Å². The summed E-state index contributed by atoms with van der Waals surface area (Å²) in [5.74, 6) is -1.53. The number of rotatable bonds is 4. The van der Waals surface area contributed by atoms with Gasteiger partial charge in [0.1, 0.15) is 11.5 Å². The van der Waals surface area contributed by atoms with E-state index < -0.39 is 11.7 Å². The van der Waals surface area contributed by atoms with Gasteiger partial charge in [0.2, 0.25) is 0 Å². The number of aromatic amines is 1. The first kappa shape index (κ1) is 15.2. The fourth-order valence-corrected chi connectivity index (χ4v) is 2.09. The van der Waals surface area contributed by atoms with Crippen LogP contribution in [-0.2, 0) is 0 Å². The fourth-order valence-electron chi connectivity index (χ4n) is 1.63. The summed E-state index contributed by atoms with van der Waals surface area (Å²) in [6.07, 6.45) is 0. The van der Waals surface area contributed by atoms with Gasteiger partial charge in [-0.2, -0.15) is 5.10 Å². The van der Waals surface area contributed by atoms with Crippen molar-refractivity contribution in [2.24, 2.45) is 0 Å². The number of hydrogen-bond donors (Lipinski definition) is 3. The van der Waals surface area contributed by atoms with Crippen LogP contribution < -0.4 is 10.6 Å². The van der Waals surface area contributed by atoms with Crippen LogP contribution in [0.4, 0.5) is 10.2 Å². The van der Waals surface area contributed by atoms with Gasteiger partial charge >= 0.3 is 0 Å². The summed E-state index contributed by atoms with van der Waals surface area (Å²) >= 11 is 3.18. The lowest BCUT2D eigenvalue weighted by Gasteiger charge is -2.04. The maximum absolute atomic E-state index is 13.5. The first-order chi connectivity index (χ1) is 10.0. The van der Waals surface area contributed by atoms with Gasteiger partial charge in [-0.25, -0.2) is 4.39 Å². The average molecular weight is 355 g/mol. The third kappa shape index (κ3) is 3.27. The van der Waals surface area contributed by atoms with Crippen molar-refractivity contribution in [1.29, 1.82) is 0 Å². The molecule has 0 aliphatic carbocycles. The van der Waals surface area contributed by atoms with Gasteiger partial charge in [-0.3, -0.25) is 14.7 Å². The van der Waals surface area contributed by atoms with E-state index in [1.54, 1.807) is 13.0 Å². The number of carbonyl (C=O) groups is 2. The molecule has 2 rings (SSSR count). The molecule has 0 saturated heterocycles. The Labute approximate surface area is 128 Å². The minimum absolute atomic E-state index is 0.105. The zero-order valence-corrected chi connectivity index (χ0v) is 12.6. The Kier molecular flexibility index (Phi) is 4.69. The quantitative estimate of drug-likeness (QED) is 0.787. The second-order valence-electron chi connectivity index (χ2n) is 4.05. The largest absolute Gasteiger partial charge is 0.351 e. The molecule has 1 aromatic heterocycles. The van der Waals surface area contributed by atoms with Crippen molar-refractivity contribution in [1.82, 2.24) is 15.5 Å². The molecule has 0 atom stereocenters. The molecule has 0 aliphatic heterocycles. The van der Waals surface area contributed by atoms with Crippen molar-refractivity contribution in [2.75, 3.05) is 11.9 Å². The summed E-state index contributed by atoms with van der Waals surface area (Å²) in [5, 5.41) is 11.4. The van der Waals surface area contributed by atoms with Crippen LogP contribution in [0.15, 0.2) is 28.7 Å². The standard InChI is InChI=1S/C13H12BrFN4O2/c1-2-16-13(21)10-9(14)11(19-18-10)17-12(20)7-5-3-4-6-8(7)15/h3-6H,2H2,1H3,(H,16,21)(H2,17,18,19,20). The highest BCUT2D eigenvalue weighted by molar-refractivity contribution is 9.10. The van der Waals surface area contributed by atoms with Crippen LogP contribution in [0.2, 0.25) is 0 Å². The molecule has 0 bridgehead atoms. The van der Waals surface area contributed by atoms with Crippen LogP contribution in [0, 0.1) is 5.82 Å². The molecule has 3 N–H and O–H groups in total. The van der Waals surface area contributed by atoms with Gasteiger partial charge in [0, 0.05) is 6.54 Å². The molecule has 2 amide bonds. The lowest BCUT2D eigenvalue weighted by atomic mass is 10.2. The molecular weight excluding hydrogens is 343 g/mol. The zero-order valence-electron chi connectivity index (χ0n) is 11.0. The highest BCUT2D eigenvalue weighted by atomic mass is 79.9. The summed E-state index contributed by atoms with van der Waals surface area (Å²) in [6, 6.07) is 5.59. The SMILES string of the molecule is CCNC(=O)c1[nH]nc(NC(=O)c2ccccc2F)c1Br. The van der Waals surface area contributed by atoms with Gasteiger partial charge in [0.15, 0.2) is 5.82 Å². The molecule has 6 nitrogen and oxygen atoms in total. The monoisotopic (exact) mass is 354 g/mol. The van der Waals surface area contributed by atoms with Crippen LogP contribution in [0.5, 0.6) is 0 Å². The summed E-state index contributed by atoms with van der Waals surface area (Å²) < 4.78 is 13.8. The molecule has 0 fully saturated rings. The van der Waals surface area contributed by atoms with Gasteiger partial charge in [-0.05, 0) is 35.0 Å². The number of aromatic nitrogens is 2. The average Bonchev–Trinajstić information content (AvgIpc) is 2.81. The first-order valence-electron chi connectivity index (χ1n) is 6.12. The van der Waals surface area contributed by atoms with E-state index in [0.29, 0.717) is 11.0 Å². The van der Waals surface area contributed by atoms with E-state index >= 15 is 0 Å². The number of benzene rings is 1. The minimum Gasteiger partial charge on any atom is -0.351 e. The molecule has 1 heterocycles. The summed E-state index contributed by atoms with van der Waals surface area (Å²) in [6.45, 7) is 2.24. The molecule has 0 saturated carbocycles. The van der Waals surface area contributed by atoms with Crippen LogP contribution in [0.1, 0.15) is 27.8 Å². The maximum Gasteiger partial charge on any atom is 0.270 e. The third-order valence-electron chi connectivity index (χ3n) is 2.62. The number of nitrogens with one attached hydrogen (secondary N) is 3. The molecule has 0 unspecified atom stereocenters. The van der Waals surface area contributed by atoms with Gasteiger partial charge in [0.05, 0.1) is 10.0 Å². The molecule has 8 heteroatoms. The Morgan fingerprint density at radius 3 is 2.71 bits per heavy atom. The summed E-state index contributed by atoms with van der Waals surface area (Å²) in [4.78, 5) is 23.7. The van der Waals surface area contributed by atoms with E-state index in [0.717, 1.165) is 0 Å². The number of anilines is 1. The number of halogens is 2. The number of nitrogens with zero attached hydrogens (tertiary/aromatic N) is 1. The fraction of sp³-hybridized carbons (Fsp3) is 0.154. The Balaban J connectivity index is 2.19. The van der Waals surface area contributed by atoms with Crippen LogP contribution >= 0.6 is 15.9 Å². The molecule has 0 radical (unpaired) electrons. The number of hydrogen-bond acceptors (Lipinski definition) is 3. The van der Waals surface area contributed by atoms with Crippen molar-refractivity contribution in [3.63, 3.8) is 0 Å². The predicted octanol–water partition coefficient (Wildman–Crippen LogP) is 2.31. The van der Waals surface area contributed by atoms with Crippen LogP contribution in [0.3, 0.4) is 0 Å². The highest BCUT2D eigenvalue weighted by Gasteiger charge is 2.19. The molecule has 1 aromatic carbocycles. The van der Waals surface area contributed by atoms with Crippen molar-refractivity contribution in [2.45, 2.75) is 6.92 Å². The van der Waals surface area contributed by atoms with Crippen molar-refractivity contribution < 1.29 is 14.0 Å². The first-order valence-corrected chi connectivity index (χ1v) is 6.91. The molecule has 21 heavy (non-hydrogen) atoms.